The molecule has 0 bridgehead atoms. The van der Waals surface area contributed by atoms with Crippen molar-refractivity contribution < 1.29 is 14.2 Å². The highest BCUT2D eigenvalue weighted by Crippen LogP contribution is 2.54. The second-order valence-electron chi connectivity index (χ2n) is 4.71. The number of nitrogens with zero attached hydrogens (tertiary/aromatic N) is 1. The van der Waals surface area contributed by atoms with Gasteiger partial charge in [0, 0.05) is 37.6 Å². The van der Waals surface area contributed by atoms with Gasteiger partial charge in [0.1, 0.15) is 5.75 Å². The lowest BCUT2D eigenvalue weighted by molar-refractivity contribution is -0.269. The van der Waals surface area contributed by atoms with Crippen LogP contribution >= 0.6 is 11.6 Å². The summed E-state index contributed by atoms with van der Waals surface area (Å²) in [5.41, 5.74) is 0.108. The zero-order valence-electron chi connectivity index (χ0n) is 11.2. The lowest BCUT2D eigenvalue weighted by Gasteiger charge is -2.50. The first-order chi connectivity index (χ1) is 9.04. The summed E-state index contributed by atoms with van der Waals surface area (Å²) in [6.45, 7) is 0. The molecule has 1 aliphatic carbocycles. The normalized spacial score (nSPS) is 19.3. The number of methoxy groups -OCH3 is 3. The van der Waals surface area contributed by atoms with E-state index in [9.17, 15) is 5.26 Å². The highest BCUT2D eigenvalue weighted by Gasteiger charge is 2.58. The molecule has 0 unspecified atom stereocenters. The van der Waals surface area contributed by atoms with Crippen LogP contribution in [0.1, 0.15) is 18.4 Å². The van der Waals surface area contributed by atoms with E-state index in [2.05, 4.69) is 6.07 Å². The molecule has 1 aliphatic rings. The Hall–Kier alpha value is -1.28. The summed E-state index contributed by atoms with van der Waals surface area (Å²) in [5, 5.41) is 10.1. The summed E-state index contributed by atoms with van der Waals surface area (Å²) in [4.78, 5) is 0. The SMILES string of the molecule is COc1ccc(Cl)cc1C1(C#N)CC(OC)(OC)C1. The molecule has 0 saturated heterocycles. The van der Waals surface area contributed by atoms with E-state index in [4.69, 9.17) is 25.8 Å². The third kappa shape index (κ3) is 2.18. The second kappa shape index (κ2) is 5.01. The monoisotopic (exact) mass is 281 g/mol. The van der Waals surface area contributed by atoms with Gasteiger partial charge < -0.3 is 14.2 Å². The maximum atomic E-state index is 9.56. The van der Waals surface area contributed by atoms with E-state index in [1.165, 1.54) is 0 Å². The molecule has 0 radical (unpaired) electrons. The molecule has 0 spiro atoms. The molecule has 0 N–H and O–H groups in total. The van der Waals surface area contributed by atoms with Crippen molar-refractivity contribution in [3.63, 3.8) is 0 Å². The van der Waals surface area contributed by atoms with Gasteiger partial charge in [-0.05, 0) is 18.2 Å². The van der Waals surface area contributed by atoms with E-state index in [-0.39, 0.29) is 0 Å². The molecule has 5 heteroatoms. The largest absolute Gasteiger partial charge is 0.496 e. The van der Waals surface area contributed by atoms with Gasteiger partial charge in [-0.3, -0.25) is 0 Å². The zero-order valence-corrected chi connectivity index (χ0v) is 12.0. The van der Waals surface area contributed by atoms with Crippen LogP contribution < -0.4 is 4.74 Å². The highest BCUT2D eigenvalue weighted by molar-refractivity contribution is 6.30. The smallest absolute Gasteiger partial charge is 0.171 e. The molecule has 4 nitrogen and oxygen atoms in total. The van der Waals surface area contributed by atoms with Crippen molar-refractivity contribution in [3.8, 4) is 11.8 Å². The predicted octanol–water partition coefficient (Wildman–Crippen LogP) is 2.89. The van der Waals surface area contributed by atoms with E-state index in [0.717, 1.165) is 5.56 Å². The van der Waals surface area contributed by atoms with E-state index in [0.29, 0.717) is 23.6 Å². The Balaban J connectivity index is 2.41. The van der Waals surface area contributed by atoms with Gasteiger partial charge in [-0.1, -0.05) is 11.6 Å². The third-order valence-electron chi connectivity index (χ3n) is 3.78. The number of ether oxygens (including phenoxy) is 3. The van der Waals surface area contributed by atoms with Crippen LogP contribution in [0.15, 0.2) is 18.2 Å². The summed E-state index contributed by atoms with van der Waals surface area (Å²) in [6, 6.07) is 7.65. The fourth-order valence-electron chi connectivity index (χ4n) is 2.62. The Morgan fingerprint density at radius 2 is 1.84 bits per heavy atom. The van der Waals surface area contributed by atoms with Crippen molar-refractivity contribution in [1.29, 1.82) is 5.26 Å². The van der Waals surface area contributed by atoms with E-state index < -0.39 is 11.2 Å². The molecule has 19 heavy (non-hydrogen) atoms. The van der Waals surface area contributed by atoms with Crippen LogP contribution in [0, 0.1) is 11.3 Å². The zero-order chi connectivity index (χ0) is 14.1. The van der Waals surface area contributed by atoms with Gasteiger partial charge in [-0.15, -0.1) is 0 Å². The van der Waals surface area contributed by atoms with Gasteiger partial charge >= 0.3 is 0 Å². The Morgan fingerprint density at radius 3 is 2.32 bits per heavy atom. The predicted molar refractivity (Wildman–Crippen MR) is 71.3 cm³/mol. The van der Waals surface area contributed by atoms with Crippen molar-refractivity contribution in [2.24, 2.45) is 0 Å². The number of benzene rings is 1. The second-order valence-corrected chi connectivity index (χ2v) is 5.15. The molecule has 102 valence electrons. The summed E-state index contributed by atoms with van der Waals surface area (Å²) >= 11 is 6.03. The highest BCUT2D eigenvalue weighted by atomic mass is 35.5. The number of halogens is 1. The minimum absolute atomic E-state index is 0.459. The number of hydrogen-bond donors (Lipinski definition) is 0. The molecular weight excluding hydrogens is 266 g/mol. The molecule has 1 aromatic rings. The van der Waals surface area contributed by atoms with Crippen molar-refractivity contribution in [1.82, 2.24) is 0 Å². The van der Waals surface area contributed by atoms with Crippen molar-refractivity contribution in [2.45, 2.75) is 24.0 Å². The molecule has 1 saturated carbocycles. The van der Waals surface area contributed by atoms with Gasteiger partial charge in [0.05, 0.1) is 18.6 Å². The molecule has 0 heterocycles. The average molecular weight is 282 g/mol. The quantitative estimate of drug-likeness (QED) is 0.796. The minimum Gasteiger partial charge on any atom is -0.496 e. The summed E-state index contributed by atoms with van der Waals surface area (Å²) in [5.74, 6) is -0.0324. The van der Waals surface area contributed by atoms with E-state index in [1.54, 1.807) is 39.5 Å². The van der Waals surface area contributed by atoms with Gasteiger partial charge in [0.15, 0.2) is 5.79 Å². The van der Waals surface area contributed by atoms with Crippen LogP contribution in [0.4, 0.5) is 0 Å². The van der Waals surface area contributed by atoms with Gasteiger partial charge in [0.2, 0.25) is 0 Å². The van der Waals surface area contributed by atoms with Crippen LogP contribution in [0.25, 0.3) is 0 Å². The number of hydrogen-bond acceptors (Lipinski definition) is 4. The van der Waals surface area contributed by atoms with Crippen LogP contribution in [-0.4, -0.2) is 27.1 Å². The topological polar surface area (TPSA) is 51.5 Å². The molecule has 2 rings (SSSR count). The Morgan fingerprint density at radius 1 is 1.21 bits per heavy atom. The van der Waals surface area contributed by atoms with Crippen molar-refractivity contribution in [2.75, 3.05) is 21.3 Å². The fraction of sp³-hybridized carbons (Fsp3) is 0.500. The Labute approximate surface area is 117 Å². The maximum absolute atomic E-state index is 9.56. The molecule has 1 aromatic carbocycles. The van der Waals surface area contributed by atoms with Gasteiger partial charge in [-0.2, -0.15) is 5.26 Å². The number of rotatable bonds is 4. The van der Waals surface area contributed by atoms with Crippen LogP contribution in [0.2, 0.25) is 5.02 Å². The molecule has 1 fully saturated rings. The van der Waals surface area contributed by atoms with Crippen LogP contribution in [-0.2, 0) is 14.9 Å². The van der Waals surface area contributed by atoms with Gasteiger partial charge in [-0.25, -0.2) is 0 Å². The Bertz CT molecular complexity index is 512. The summed E-state index contributed by atoms with van der Waals surface area (Å²) in [6.07, 6.45) is 0.917. The number of nitriles is 1. The lowest BCUT2D eigenvalue weighted by atomic mass is 9.61. The Kier molecular flexibility index (Phi) is 3.73. The summed E-state index contributed by atoms with van der Waals surface area (Å²) in [7, 11) is 4.75. The first kappa shape index (κ1) is 14.1. The standard InChI is InChI=1S/C14H16ClNO3/c1-17-12-5-4-10(15)6-11(12)13(9-16)7-14(8-13,18-2)19-3/h4-6H,7-8H2,1-3H3. The molecule has 0 amide bonds. The van der Waals surface area contributed by atoms with Crippen molar-refractivity contribution >= 4 is 11.6 Å². The lowest BCUT2D eigenvalue weighted by Crippen LogP contribution is -2.56. The minimum atomic E-state index is -0.691. The first-order valence-electron chi connectivity index (χ1n) is 5.90. The molecule has 0 aromatic heterocycles. The van der Waals surface area contributed by atoms with Crippen molar-refractivity contribution in [3.05, 3.63) is 28.8 Å². The van der Waals surface area contributed by atoms with Crippen LogP contribution in [0.3, 0.4) is 0 Å². The molecule has 0 aliphatic heterocycles. The summed E-state index contributed by atoms with van der Waals surface area (Å²) < 4.78 is 16.0. The van der Waals surface area contributed by atoms with E-state index in [1.807, 2.05) is 0 Å². The third-order valence-corrected chi connectivity index (χ3v) is 4.01. The first-order valence-corrected chi connectivity index (χ1v) is 6.28. The van der Waals surface area contributed by atoms with Gasteiger partial charge in [0.25, 0.3) is 0 Å². The molecule has 0 atom stereocenters. The van der Waals surface area contributed by atoms with E-state index >= 15 is 0 Å². The molecular formula is C14H16ClNO3. The van der Waals surface area contributed by atoms with Crippen LogP contribution in [0.5, 0.6) is 5.75 Å². The average Bonchev–Trinajstić information content (AvgIpc) is 2.40. The maximum Gasteiger partial charge on any atom is 0.171 e. The fourth-order valence-corrected chi connectivity index (χ4v) is 2.80.